The molecule has 6 nitrogen and oxygen atoms in total. The van der Waals surface area contributed by atoms with Gasteiger partial charge in [-0.05, 0) is 31.5 Å². The van der Waals surface area contributed by atoms with Crippen LogP contribution in [0.15, 0.2) is 48.0 Å². The maximum absolute atomic E-state index is 12.5. The van der Waals surface area contributed by atoms with Crippen molar-refractivity contribution >= 4 is 26.6 Å². The summed E-state index contributed by atoms with van der Waals surface area (Å²) in [5, 5.41) is 0.918. The van der Waals surface area contributed by atoms with E-state index < -0.39 is 10.0 Å². The molecule has 0 unspecified atom stereocenters. The molecular formula is C15H16N4O2S. The van der Waals surface area contributed by atoms with Crippen molar-refractivity contribution in [3.8, 4) is 0 Å². The molecule has 0 radical (unpaired) electrons. The van der Waals surface area contributed by atoms with Gasteiger partial charge in [0.2, 0.25) is 5.16 Å². The van der Waals surface area contributed by atoms with Crippen molar-refractivity contribution in [2.75, 3.05) is 4.72 Å². The molecule has 2 heterocycles. The van der Waals surface area contributed by atoms with Crippen LogP contribution in [0, 0.1) is 6.92 Å². The molecule has 0 amide bonds. The minimum absolute atomic E-state index is 0.000318. The topological polar surface area (TPSA) is 76.9 Å². The van der Waals surface area contributed by atoms with Gasteiger partial charge >= 0.3 is 0 Å². The van der Waals surface area contributed by atoms with Gasteiger partial charge in [-0.25, -0.2) is 4.98 Å². The Bertz CT molecular complexity index is 932. The molecule has 2 aromatic heterocycles. The lowest BCUT2D eigenvalue weighted by molar-refractivity contribution is 0.574. The molecule has 0 aliphatic carbocycles. The molecule has 0 spiro atoms. The van der Waals surface area contributed by atoms with E-state index in [1.54, 1.807) is 23.0 Å². The molecule has 7 heteroatoms. The van der Waals surface area contributed by atoms with E-state index in [2.05, 4.69) is 14.7 Å². The number of hydrogen-bond acceptors (Lipinski definition) is 4. The van der Waals surface area contributed by atoms with Crippen LogP contribution in [0.2, 0.25) is 0 Å². The lowest BCUT2D eigenvalue weighted by Gasteiger charge is -2.11. The summed E-state index contributed by atoms with van der Waals surface area (Å²) in [7, 11) is -3.76. The van der Waals surface area contributed by atoms with E-state index in [9.17, 15) is 8.42 Å². The lowest BCUT2D eigenvalue weighted by Crippen LogP contribution is -2.18. The predicted octanol–water partition coefficient (Wildman–Crippen LogP) is 2.56. The van der Waals surface area contributed by atoms with Crippen LogP contribution >= 0.6 is 0 Å². The summed E-state index contributed by atoms with van der Waals surface area (Å²) in [6.45, 7) is 4.36. The minimum Gasteiger partial charge on any atom is -0.321 e. The zero-order chi connectivity index (χ0) is 15.7. The standard InChI is InChI=1S/C15H16N4O2S/c1-3-19-10-9-17-15(19)22(20,21)18-13-7-6-11(2)12-5-4-8-16-14(12)13/h4-10,18H,3H2,1-2H3. The summed E-state index contributed by atoms with van der Waals surface area (Å²) in [6.07, 6.45) is 4.76. The number of hydrogen-bond donors (Lipinski definition) is 1. The highest BCUT2D eigenvalue weighted by atomic mass is 32.2. The first kappa shape index (κ1) is 14.5. The van der Waals surface area contributed by atoms with E-state index in [0.717, 1.165) is 10.9 Å². The maximum atomic E-state index is 12.5. The van der Waals surface area contributed by atoms with Gasteiger partial charge in [0.25, 0.3) is 10.0 Å². The fraction of sp³-hybridized carbons (Fsp3) is 0.200. The molecule has 0 saturated heterocycles. The number of imidazole rings is 1. The van der Waals surface area contributed by atoms with Crippen LogP contribution in [-0.4, -0.2) is 23.0 Å². The Kier molecular flexibility index (Phi) is 3.58. The molecule has 3 aromatic rings. The number of nitrogens with one attached hydrogen (secondary N) is 1. The van der Waals surface area contributed by atoms with Crippen molar-refractivity contribution in [3.63, 3.8) is 0 Å². The quantitative estimate of drug-likeness (QED) is 0.802. The molecule has 0 atom stereocenters. The van der Waals surface area contributed by atoms with E-state index in [1.807, 2.05) is 32.0 Å². The molecule has 3 rings (SSSR count). The number of rotatable bonds is 4. The summed E-state index contributed by atoms with van der Waals surface area (Å²) < 4.78 is 29.3. The number of aryl methyl sites for hydroxylation is 2. The zero-order valence-electron chi connectivity index (χ0n) is 12.3. The number of aromatic nitrogens is 3. The fourth-order valence-corrected chi connectivity index (χ4v) is 3.61. The average molecular weight is 316 g/mol. The number of pyridine rings is 1. The number of sulfonamides is 1. The number of fused-ring (bicyclic) bond motifs is 1. The normalized spacial score (nSPS) is 11.7. The van der Waals surface area contributed by atoms with Crippen LogP contribution in [-0.2, 0) is 16.6 Å². The van der Waals surface area contributed by atoms with Crippen LogP contribution in [0.5, 0.6) is 0 Å². The number of nitrogens with zero attached hydrogens (tertiary/aromatic N) is 3. The van der Waals surface area contributed by atoms with Crippen molar-refractivity contribution in [1.82, 2.24) is 14.5 Å². The van der Waals surface area contributed by atoms with Gasteiger partial charge in [-0.1, -0.05) is 12.1 Å². The van der Waals surface area contributed by atoms with Crippen LogP contribution in [0.1, 0.15) is 12.5 Å². The Morgan fingerprint density at radius 2 is 2.00 bits per heavy atom. The Balaban J connectivity index is 2.09. The number of anilines is 1. The Labute approximate surface area is 128 Å². The average Bonchev–Trinajstić information content (AvgIpc) is 3.00. The molecule has 114 valence electrons. The van der Waals surface area contributed by atoms with Crippen molar-refractivity contribution in [1.29, 1.82) is 0 Å². The Morgan fingerprint density at radius 3 is 2.77 bits per heavy atom. The second-order valence-corrected chi connectivity index (χ2v) is 6.51. The Morgan fingerprint density at radius 1 is 1.18 bits per heavy atom. The number of benzene rings is 1. The van der Waals surface area contributed by atoms with Gasteiger partial charge in [-0.3, -0.25) is 9.71 Å². The predicted molar refractivity (Wildman–Crippen MR) is 85.2 cm³/mol. The largest absolute Gasteiger partial charge is 0.321 e. The monoisotopic (exact) mass is 316 g/mol. The summed E-state index contributed by atoms with van der Waals surface area (Å²) in [5.41, 5.74) is 2.12. The van der Waals surface area contributed by atoms with Gasteiger partial charge in [0, 0.05) is 30.5 Å². The zero-order valence-corrected chi connectivity index (χ0v) is 13.1. The fourth-order valence-electron chi connectivity index (χ4n) is 2.37. The highest BCUT2D eigenvalue weighted by molar-refractivity contribution is 7.92. The first-order chi connectivity index (χ1) is 10.5. The molecule has 0 bridgehead atoms. The SMILES string of the molecule is CCn1ccnc1S(=O)(=O)Nc1ccc(C)c2cccnc12. The van der Waals surface area contributed by atoms with Gasteiger partial charge in [-0.15, -0.1) is 0 Å². The van der Waals surface area contributed by atoms with Crippen molar-refractivity contribution in [3.05, 3.63) is 48.4 Å². The van der Waals surface area contributed by atoms with Crippen molar-refractivity contribution < 1.29 is 8.42 Å². The third-order valence-corrected chi connectivity index (χ3v) is 4.80. The molecule has 0 fully saturated rings. The lowest BCUT2D eigenvalue weighted by atomic mass is 10.1. The molecule has 0 aliphatic rings. The second kappa shape index (κ2) is 5.42. The van der Waals surface area contributed by atoms with E-state index >= 15 is 0 Å². The summed E-state index contributed by atoms with van der Waals surface area (Å²) in [5.74, 6) is 0. The van der Waals surface area contributed by atoms with Gasteiger partial charge in [0.1, 0.15) is 0 Å². The summed E-state index contributed by atoms with van der Waals surface area (Å²) in [4.78, 5) is 8.24. The maximum Gasteiger partial charge on any atom is 0.295 e. The first-order valence-electron chi connectivity index (χ1n) is 6.91. The van der Waals surface area contributed by atoms with Gasteiger partial charge in [0.05, 0.1) is 11.2 Å². The molecule has 0 aliphatic heterocycles. The van der Waals surface area contributed by atoms with Crippen LogP contribution in [0.25, 0.3) is 10.9 Å². The molecule has 1 aromatic carbocycles. The van der Waals surface area contributed by atoms with Crippen LogP contribution in [0.4, 0.5) is 5.69 Å². The Hall–Kier alpha value is -2.41. The second-order valence-electron chi connectivity index (χ2n) is 4.93. The highest BCUT2D eigenvalue weighted by Gasteiger charge is 2.21. The third kappa shape index (κ3) is 2.43. The van der Waals surface area contributed by atoms with Crippen LogP contribution in [0.3, 0.4) is 0 Å². The van der Waals surface area contributed by atoms with Gasteiger partial charge < -0.3 is 4.57 Å². The summed E-state index contributed by atoms with van der Waals surface area (Å²) >= 11 is 0. The van der Waals surface area contributed by atoms with Gasteiger partial charge in [-0.2, -0.15) is 8.42 Å². The third-order valence-electron chi connectivity index (χ3n) is 3.49. The smallest absolute Gasteiger partial charge is 0.295 e. The highest BCUT2D eigenvalue weighted by Crippen LogP contribution is 2.26. The van der Waals surface area contributed by atoms with E-state index in [0.29, 0.717) is 17.7 Å². The van der Waals surface area contributed by atoms with E-state index in [-0.39, 0.29) is 5.16 Å². The molecular weight excluding hydrogens is 300 g/mol. The molecule has 0 saturated carbocycles. The summed E-state index contributed by atoms with van der Waals surface area (Å²) in [6, 6.07) is 7.34. The van der Waals surface area contributed by atoms with E-state index in [4.69, 9.17) is 0 Å². The minimum atomic E-state index is -3.76. The molecule has 22 heavy (non-hydrogen) atoms. The van der Waals surface area contributed by atoms with Gasteiger partial charge in [0.15, 0.2) is 0 Å². The van der Waals surface area contributed by atoms with Crippen LogP contribution < -0.4 is 4.72 Å². The van der Waals surface area contributed by atoms with E-state index in [1.165, 1.54) is 6.20 Å². The van der Waals surface area contributed by atoms with Crippen molar-refractivity contribution in [2.24, 2.45) is 0 Å². The van der Waals surface area contributed by atoms with Crippen molar-refractivity contribution in [2.45, 2.75) is 25.5 Å². The molecule has 1 N–H and O–H groups in total. The first-order valence-corrected chi connectivity index (χ1v) is 8.39.